The first-order valence-electron chi connectivity index (χ1n) is 15.6. The molecule has 0 spiro atoms. The molecule has 45 heavy (non-hydrogen) atoms. The minimum absolute atomic E-state index is 0.00678. The number of carbonyl (C=O) groups excluding carboxylic acids is 7. The molecule has 5 atom stereocenters. The average molecular weight is 638 g/mol. The molecule has 0 aromatic carbocycles. The van der Waals surface area contributed by atoms with E-state index in [4.69, 9.17) is 0 Å². The fourth-order valence-electron chi connectivity index (χ4n) is 4.97. The van der Waals surface area contributed by atoms with Gasteiger partial charge in [-0.05, 0) is 44.4 Å². The van der Waals surface area contributed by atoms with Gasteiger partial charge in [-0.15, -0.1) is 0 Å². The Hall–Kier alpha value is -3.71. The molecule has 0 aromatic heterocycles. The number of hydrogen-bond acceptors (Lipinski definition) is 7. The van der Waals surface area contributed by atoms with Crippen LogP contribution in [0.5, 0.6) is 0 Å². The highest BCUT2D eigenvalue weighted by Gasteiger charge is 2.37. The van der Waals surface area contributed by atoms with Gasteiger partial charge in [0.2, 0.25) is 41.4 Å². The van der Waals surface area contributed by atoms with Crippen LogP contribution in [-0.2, 0) is 33.6 Å². The monoisotopic (exact) mass is 637 g/mol. The van der Waals surface area contributed by atoms with Crippen LogP contribution in [0, 0.1) is 17.8 Å². The summed E-state index contributed by atoms with van der Waals surface area (Å²) in [4.78, 5) is 98.1. The lowest BCUT2D eigenvalue weighted by Crippen LogP contribution is -2.58. The molecule has 14 heteroatoms. The number of carbonyl (C=O) groups is 7. The van der Waals surface area contributed by atoms with Gasteiger partial charge >= 0.3 is 0 Å². The van der Waals surface area contributed by atoms with E-state index in [2.05, 4.69) is 16.0 Å². The summed E-state index contributed by atoms with van der Waals surface area (Å²) in [5.41, 5.74) is 0. The van der Waals surface area contributed by atoms with Crippen LogP contribution in [0.2, 0.25) is 0 Å². The molecule has 14 nitrogen and oxygen atoms in total. The Morgan fingerprint density at radius 3 is 1.71 bits per heavy atom. The predicted octanol–water partition coefficient (Wildman–Crippen LogP) is -0.187. The SMILES string of the molecule is CC(C)C[C@@H]1NC(=O)[C@H](CC(C)C)N(C)C(=O)CN(C)C(=O)[C@@H](C(C)C)NC(=O)CNC(=O)C(C)N(C)C(=O)[C@H](C)N(C)C1=O. The molecule has 1 unspecified atom stereocenters. The highest BCUT2D eigenvalue weighted by molar-refractivity contribution is 5.97. The maximum absolute atomic E-state index is 13.7. The van der Waals surface area contributed by atoms with Crippen molar-refractivity contribution in [3.8, 4) is 0 Å². The number of rotatable bonds is 5. The molecule has 1 aliphatic rings. The van der Waals surface area contributed by atoms with E-state index < -0.39 is 78.1 Å². The molecule has 0 radical (unpaired) electrons. The molecule has 0 bridgehead atoms. The second-order valence-electron chi connectivity index (χ2n) is 13.3. The van der Waals surface area contributed by atoms with Gasteiger partial charge < -0.3 is 35.6 Å². The van der Waals surface area contributed by atoms with Crippen LogP contribution >= 0.6 is 0 Å². The highest BCUT2D eigenvalue weighted by Crippen LogP contribution is 2.16. The molecule has 7 amide bonds. The van der Waals surface area contributed by atoms with Crippen molar-refractivity contribution in [2.24, 2.45) is 17.8 Å². The number of amides is 7. The van der Waals surface area contributed by atoms with Gasteiger partial charge in [0, 0.05) is 28.2 Å². The fourth-order valence-corrected chi connectivity index (χ4v) is 4.97. The van der Waals surface area contributed by atoms with Gasteiger partial charge in [-0.1, -0.05) is 41.5 Å². The number of likely N-dealkylation sites (N-methyl/N-ethyl adjacent to an activating group) is 4. The molecule has 1 saturated heterocycles. The third-order valence-corrected chi connectivity index (χ3v) is 8.19. The van der Waals surface area contributed by atoms with E-state index in [-0.39, 0.29) is 30.7 Å². The van der Waals surface area contributed by atoms with E-state index in [1.54, 1.807) is 13.8 Å². The first-order valence-corrected chi connectivity index (χ1v) is 15.6. The number of nitrogens with zero attached hydrogens (tertiary/aromatic N) is 4. The van der Waals surface area contributed by atoms with Crippen LogP contribution in [0.15, 0.2) is 0 Å². The molecule has 0 aromatic rings. The Balaban J connectivity index is 3.60. The smallest absolute Gasteiger partial charge is 0.245 e. The van der Waals surface area contributed by atoms with Crippen LogP contribution in [0.25, 0.3) is 0 Å². The van der Waals surface area contributed by atoms with Crippen LogP contribution in [0.4, 0.5) is 0 Å². The molecular formula is C31H55N7O7. The fraction of sp³-hybridized carbons (Fsp3) is 0.774. The molecule has 1 fully saturated rings. The summed E-state index contributed by atoms with van der Waals surface area (Å²) < 4.78 is 0. The second kappa shape index (κ2) is 17.1. The standard InChI is InChI=1S/C31H55N7O7/c1-17(2)13-22-30(44)37(11)21(8)29(43)36(10)20(7)27(41)32-15-24(39)34-26(19(5)6)31(45)35(9)16-25(40)38(12)23(14-18(3)4)28(42)33-22/h17-23,26H,13-16H2,1-12H3,(H,32,41)(H,33,42)(H,34,39)/t20?,21-,22-,23-,26+/m0/s1. The van der Waals surface area contributed by atoms with Gasteiger partial charge in [0.15, 0.2) is 0 Å². The van der Waals surface area contributed by atoms with Gasteiger partial charge in [-0.2, -0.15) is 0 Å². The summed E-state index contributed by atoms with van der Waals surface area (Å²) in [6.45, 7) is 13.3. The van der Waals surface area contributed by atoms with E-state index in [0.29, 0.717) is 6.42 Å². The van der Waals surface area contributed by atoms with Crippen molar-refractivity contribution < 1.29 is 33.6 Å². The van der Waals surface area contributed by atoms with E-state index in [1.807, 2.05) is 27.7 Å². The van der Waals surface area contributed by atoms with Gasteiger partial charge in [0.25, 0.3) is 0 Å². The summed E-state index contributed by atoms with van der Waals surface area (Å²) >= 11 is 0. The number of hydrogen-bond donors (Lipinski definition) is 3. The third-order valence-electron chi connectivity index (χ3n) is 8.19. The normalized spacial score (nSPS) is 26.4. The van der Waals surface area contributed by atoms with Crippen molar-refractivity contribution in [2.45, 2.75) is 98.4 Å². The zero-order valence-electron chi connectivity index (χ0n) is 29.1. The first kappa shape index (κ1) is 39.3. The van der Waals surface area contributed by atoms with Crippen LogP contribution < -0.4 is 16.0 Å². The number of nitrogens with one attached hydrogen (secondary N) is 3. The minimum atomic E-state index is -0.984. The first-order chi connectivity index (χ1) is 20.7. The Morgan fingerprint density at radius 2 is 1.20 bits per heavy atom. The van der Waals surface area contributed by atoms with E-state index in [1.165, 1.54) is 61.6 Å². The van der Waals surface area contributed by atoms with Crippen LogP contribution in [0.1, 0.15) is 68.2 Å². The average Bonchev–Trinajstić information content (AvgIpc) is 2.96. The lowest BCUT2D eigenvalue weighted by atomic mass is 9.98. The van der Waals surface area contributed by atoms with Crippen molar-refractivity contribution in [3.63, 3.8) is 0 Å². The zero-order chi connectivity index (χ0) is 34.9. The molecule has 256 valence electrons. The Morgan fingerprint density at radius 1 is 0.667 bits per heavy atom. The summed E-state index contributed by atoms with van der Waals surface area (Å²) in [6, 6.07) is -4.87. The van der Waals surface area contributed by atoms with Gasteiger partial charge in [-0.3, -0.25) is 33.6 Å². The topological polar surface area (TPSA) is 169 Å². The quantitative estimate of drug-likeness (QED) is 0.376. The summed E-state index contributed by atoms with van der Waals surface area (Å²) in [5.74, 6) is -4.10. The highest BCUT2D eigenvalue weighted by atomic mass is 16.2. The van der Waals surface area contributed by atoms with Crippen molar-refractivity contribution in [1.82, 2.24) is 35.6 Å². The van der Waals surface area contributed by atoms with E-state index >= 15 is 0 Å². The molecule has 1 aliphatic heterocycles. The van der Waals surface area contributed by atoms with Crippen molar-refractivity contribution >= 4 is 41.4 Å². The summed E-state index contributed by atoms with van der Waals surface area (Å²) in [5, 5.41) is 7.96. The van der Waals surface area contributed by atoms with E-state index in [0.717, 1.165) is 0 Å². The van der Waals surface area contributed by atoms with E-state index in [9.17, 15) is 33.6 Å². The Labute approximate surface area is 268 Å². The largest absolute Gasteiger partial charge is 0.345 e. The zero-order valence-corrected chi connectivity index (χ0v) is 29.1. The van der Waals surface area contributed by atoms with Crippen LogP contribution in [-0.4, -0.2) is 132 Å². The maximum Gasteiger partial charge on any atom is 0.245 e. The lowest BCUT2D eigenvalue weighted by Gasteiger charge is -2.35. The maximum atomic E-state index is 13.7. The van der Waals surface area contributed by atoms with Crippen LogP contribution in [0.3, 0.4) is 0 Å². The summed E-state index contributed by atoms with van der Waals surface area (Å²) in [7, 11) is 5.81. The molecule has 0 saturated carbocycles. The van der Waals surface area contributed by atoms with Crippen molar-refractivity contribution in [2.75, 3.05) is 41.3 Å². The molecular weight excluding hydrogens is 582 g/mol. The minimum Gasteiger partial charge on any atom is -0.345 e. The van der Waals surface area contributed by atoms with Gasteiger partial charge in [0.1, 0.15) is 30.2 Å². The predicted molar refractivity (Wildman–Crippen MR) is 169 cm³/mol. The second-order valence-corrected chi connectivity index (χ2v) is 13.3. The molecule has 3 N–H and O–H groups in total. The summed E-state index contributed by atoms with van der Waals surface area (Å²) in [6.07, 6.45) is 0.582. The third kappa shape index (κ3) is 11.0. The Bertz CT molecular complexity index is 1110. The molecule has 1 rings (SSSR count). The molecule has 1 heterocycles. The lowest BCUT2D eigenvalue weighted by molar-refractivity contribution is -0.148. The van der Waals surface area contributed by atoms with Crippen molar-refractivity contribution in [3.05, 3.63) is 0 Å². The van der Waals surface area contributed by atoms with Crippen molar-refractivity contribution in [1.29, 1.82) is 0 Å². The Kier molecular flexibility index (Phi) is 14.9. The van der Waals surface area contributed by atoms with Gasteiger partial charge in [-0.25, -0.2) is 0 Å². The van der Waals surface area contributed by atoms with Gasteiger partial charge in [0.05, 0.1) is 13.1 Å². The molecule has 0 aliphatic carbocycles.